The third-order valence-corrected chi connectivity index (χ3v) is 3.44. The lowest BCUT2D eigenvalue weighted by atomic mass is 10.3. The maximum absolute atomic E-state index is 12.7. The highest BCUT2D eigenvalue weighted by molar-refractivity contribution is 5.46. The van der Waals surface area contributed by atoms with Gasteiger partial charge >= 0.3 is 0 Å². The van der Waals surface area contributed by atoms with Crippen molar-refractivity contribution in [2.45, 2.75) is 19.8 Å². The van der Waals surface area contributed by atoms with Gasteiger partial charge in [-0.05, 0) is 45.6 Å². The molecule has 1 N–H and O–H groups in total. The summed E-state index contributed by atoms with van der Waals surface area (Å²) in [6, 6.07) is 11.1. The first-order valence-corrected chi connectivity index (χ1v) is 8.33. The van der Waals surface area contributed by atoms with Crippen LogP contribution in [0.15, 0.2) is 41.2 Å². The fourth-order valence-electron chi connectivity index (χ4n) is 2.24. The Labute approximate surface area is 143 Å². The van der Waals surface area contributed by atoms with Crippen molar-refractivity contribution < 1.29 is 4.74 Å². The van der Waals surface area contributed by atoms with Crippen molar-refractivity contribution in [3.05, 3.63) is 46.8 Å². The number of rotatable bonds is 9. The standard InChI is InChI=1S/C18H26N4O2/c1-4-13-24-17-14-16(19-11-8-12-21(2)3)18(23)22(20-17)15-9-6-5-7-10-15/h5-7,9-10,14,19H,4,8,11-13H2,1-3H3. The molecule has 0 spiro atoms. The summed E-state index contributed by atoms with van der Waals surface area (Å²) in [5, 5.41) is 7.55. The van der Waals surface area contributed by atoms with E-state index in [1.54, 1.807) is 6.07 Å². The van der Waals surface area contributed by atoms with Gasteiger partial charge in [0.25, 0.3) is 5.56 Å². The van der Waals surface area contributed by atoms with Crippen LogP contribution in [0.4, 0.5) is 5.69 Å². The van der Waals surface area contributed by atoms with E-state index in [9.17, 15) is 4.79 Å². The molecule has 0 fully saturated rings. The zero-order valence-corrected chi connectivity index (χ0v) is 14.7. The summed E-state index contributed by atoms with van der Waals surface area (Å²) in [6.07, 6.45) is 1.84. The number of hydrogen-bond donors (Lipinski definition) is 1. The second-order valence-corrected chi connectivity index (χ2v) is 5.88. The summed E-state index contributed by atoms with van der Waals surface area (Å²) in [6.45, 7) is 4.29. The van der Waals surface area contributed by atoms with E-state index in [0.29, 0.717) is 18.2 Å². The maximum atomic E-state index is 12.7. The number of aromatic nitrogens is 2. The molecule has 0 radical (unpaired) electrons. The van der Waals surface area contributed by atoms with Crippen molar-refractivity contribution in [1.82, 2.24) is 14.7 Å². The van der Waals surface area contributed by atoms with E-state index in [1.807, 2.05) is 51.4 Å². The highest BCUT2D eigenvalue weighted by Gasteiger charge is 2.10. The molecule has 0 aliphatic carbocycles. The fourth-order valence-corrected chi connectivity index (χ4v) is 2.24. The van der Waals surface area contributed by atoms with E-state index in [2.05, 4.69) is 15.3 Å². The van der Waals surface area contributed by atoms with Gasteiger partial charge in [-0.15, -0.1) is 5.10 Å². The van der Waals surface area contributed by atoms with E-state index in [-0.39, 0.29) is 5.56 Å². The van der Waals surface area contributed by atoms with Crippen LogP contribution in [0.5, 0.6) is 5.88 Å². The lowest BCUT2D eigenvalue weighted by Crippen LogP contribution is -2.26. The molecule has 1 aromatic heterocycles. The molecule has 0 aliphatic heterocycles. The predicted molar refractivity (Wildman–Crippen MR) is 97.3 cm³/mol. The average molecular weight is 330 g/mol. The number of benzene rings is 1. The molecule has 6 nitrogen and oxygen atoms in total. The monoisotopic (exact) mass is 330 g/mol. The van der Waals surface area contributed by atoms with Crippen molar-refractivity contribution in [3.8, 4) is 11.6 Å². The molecule has 2 aromatic rings. The van der Waals surface area contributed by atoms with Crippen molar-refractivity contribution in [3.63, 3.8) is 0 Å². The Morgan fingerprint density at radius 1 is 1.25 bits per heavy atom. The number of anilines is 1. The molecule has 130 valence electrons. The van der Waals surface area contributed by atoms with Crippen LogP contribution in [-0.2, 0) is 0 Å². The summed E-state index contributed by atoms with van der Waals surface area (Å²) >= 11 is 0. The zero-order valence-electron chi connectivity index (χ0n) is 14.7. The molecule has 0 aliphatic rings. The lowest BCUT2D eigenvalue weighted by Gasteiger charge is -2.13. The smallest absolute Gasteiger partial charge is 0.295 e. The molecule has 0 unspecified atom stereocenters. The first-order valence-electron chi connectivity index (χ1n) is 8.33. The largest absolute Gasteiger partial charge is 0.477 e. The minimum absolute atomic E-state index is 0.171. The Hall–Kier alpha value is -2.34. The second-order valence-electron chi connectivity index (χ2n) is 5.88. The molecule has 1 aromatic carbocycles. The highest BCUT2D eigenvalue weighted by Crippen LogP contribution is 2.13. The Balaban J connectivity index is 2.26. The van der Waals surface area contributed by atoms with Gasteiger partial charge in [0.2, 0.25) is 5.88 Å². The fraction of sp³-hybridized carbons (Fsp3) is 0.444. The third-order valence-electron chi connectivity index (χ3n) is 3.44. The van der Waals surface area contributed by atoms with Crippen LogP contribution in [0.1, 0.15) is 19.8 Å². The molecule has 2 rings (SSSR count). The number of nitrogens with one attached hydrogen (secondary N) is 1. The van der Waals surface area contributed by atoms with Gasteiger partial charge in [0.1, 0.15) is 5.69 Å². The quantitative estimate of drug-likeness (QED) is 0.716. The summed E-state index contributed by atoms with van der Waals surface area (Å²) in [7, 11) is 4.07. The first-order chi connectivity index (χ1) is 11.6. The molecule has 0 amide bonds. The summed E-state index contributed by atoms with van der Waals surface area (Å²) < 4.78 is 7.03. The van der Waals surface area contributed by atoms with Crippen LogP contribution in [0.3, 0.4) is 0 Å². The summed E-state index contributed by atoms with van der Waals surface area (Å²) in [5.41, 5.74) is 1.06. The molecular weight excluding hydrogens is 304 g/mol. The number of hydrogen-bond acceptors (Lipinski definition) is 5. The third kappa shape index (κ3) is 5.09. The van der Waals surface area contributed by atoms with Crippen LogP contribution in [-0.4, -0.2) is 48.5 Å². The first kappa shape index (κ1) is 18.0. The van der Waals surface area contributed by atoms with Gasteiger partial charge in [-0.3, -0.25) is 4.79 Å². The molecule has 0 bridgehead atoms. The van der Waals surface area contributed by atoms with E-state index in [1.165, 1.54) is 4.68 Å². The zero-order chi connectivity index (χ0) is 17.4. The van der Waals surface area contributed by atoms with Crippen LogP contribution >= 0.6 is 0 Å². The van der Waals surface area contributed by atoms with Crippen molar-refractivity contribution in [2.75, 3.05) is 39.1 Å². The summed E-state index contributed by atoms with van der Waals surface area (Å²) in [4.78, 5) is 14.8. The Bertz CT molecular complexity index is 683. The van der Waals surface area contributed by atoms with Gasteiger partial charge in [0.15, 0.2) is 0 Å². The van der Waals surface area contributed by atoms with E-state index < -0.39 is 0 Å². The molecular formula is C18H26N4O2. The normalized spacial score (nSPS) is 10.8. The van der Waals surface area contributed by atoms with Gasteiger partial charge in [-0.1, -0.05) is 25.1 Å². The number of nitrogens with zero attached hydrogens (tertiary/aromatic N) is 3. The predicted octanol–water partition coefficient (Wildman–Crippen LogP) is 2.38. The van der Waals surface area contributed by atoms with Crippen LogP contribution in [0.25, 0.3) is 5.69 Å². The Morgan fingerprint density at radius 2 is 2.00 bits per heavy atom. The van der Waals surface area contributed by atoms with Crippen LogP contribution in [0.2, 0.25) is 0 Å². The van der Waals surface area contributed by atoms with Crippen molar-refractivity contribution >= 4 is 5.69 Å². The molecule has 6 heteroatoms. The van der Waals surface area contributed by atoms with Crippen LogP contribution in [0, 0.1) is 0 Å². The average Bonchev–Trinajstić information content (AvgIpc) is 2.59. The maximum Gasteiger partial charge on any atom is 0.295 e. The molecule has 1 heterocycles. The van der Waals surface area contributed by atoms with Crippen LogP contribution < -0.4 is 15.6 Å². The highest BCUT2D eigenvalue weighted by atomic mass is 16.5. The SMILES string of the molecule is CCCOc1cc(NCCCN(C)C)c(=O)n(-c2ccccc2)n1. The summed E-state index contributed by atoms with van der Waals surface area (Å²) in [5.74, 6) is 0.454. The van der Waals surface area contributed by atoms with Gasteiger partial charge < -0.3 is 15.0 Å². The lowest BCUT2D eigenvalue weighted by molar-refractivity contribution is 0.298. The second kappa shape index (κ2) is 9.08. The van der Waals surface area contributed by atoms with Crippen molar-refractivity contribution in [1.29, 1.82) is 0 Å². The van der Waals surface area contributed by atoms with Gasteiger partial charge in [0, 0.05) is 12.6 Å². The minimum atomic E-state index is -0.171. The van der Waals surface area contributed by atoms with Crippen molar-refractivity contribution in [2.24, 2.45) is 0 Å². The topological polar surface area (TPSA) is 59.4 Å². The van der Waals surface area contributed by atoms with Gasteiger partial charge in [0.05, 0.1) is 12.3 Å². The molecule has 0 atom stereocenters. The molecule has 0 saturated carbocycles. The van der Waals surface area contributed by atoms with E-state index in [4.69, 9.17) is 4.74 Å². The van der Waals surface area contributed by atoms with E-state index in [0.717, 1.165) is 31.6 Å². The Kier molecular flexibility index (Phi) is 6.81. The minimum Gasteiger partial charge on any atom is -0.477 e. The van der Waals surface area contributed by atoms with Gasteiger partial charge in [-0.25, -0.2) is 0 Å². The Morgan fingerprint density at radius 3 is 2.67 bits per heavy atom. The molecule has 0 saturated heterocycles. The number of para-hydroxylation sites is 1. The van der Waals surface area contributed by atoms with E-state index >= 15 is 0 Å². The number of ether oxygens (including phenoxy) is 1. The van der Waals surface area contributed by atoms with Gasteiger partial charge in [-0.2, -0.15) is 4.68 Å². The molecule has 24 heavy (non-hydrogen) atoms.